The van der Waals surface area contributed by atoms with Crippen LogP contribution in [0, 0.1) is 0 Å². The van der Waals surface area contributed by atoms with Crippen LogP contribution >= 0.6 is 0 Å². The molecule has 132 valence electrons. The fraction of sp³-hybridized carbons (Fsp3) is 0.350. The van der Waals surface area contributed by atoms with E-state index < -0.39 is 0 Å². The molecule has 2 aromatic rings. The molecular formula is C20H26N4O. The van der Waals surface area contributed by atoms with Crippen molar-refractivity contribution in [2.45, 2.75) is 13.8 Å². The number of rotatable bonds is 8. The largest absolute Gasteiger partial charge is 0.372 e. The summed E-state index contributed by atoms with van der Waals surface area (Å²) in [6.45, 7) is 6.65. The van der Waals surface area contributed by atoms with E-state index in [4.69, 9.17) is 0 Å². The summed E-state index contributed by atoms with van der Waals surface area (Å²) in [5, 5.41) is 8.51. The second-order valence-electron chi connectivity index (χ2n) is 6.10. The zero-order chi connectivity index (χ0) is 18.2. The second kappa shape index (κ2) is 9.08. The molecule has 0 bridgehead atoms. The van der Waals surface area contributed by atoms with Gasteiger partial charge in [-0.25, -0.2) is 0 Å². The lowest BCUT2D eigenvalue weighted by atomic mass is 10.1. The summed E-state index contributed by atoms with van der Waals surface area (Å²) >= 11 is 0. The highest BCUT2D eigenvalue weighted by molar-refractivity contribution is 5.97. The maximum atomic E-state index is 12.0. The Labute approximate surface area is 150 Å². The topological polar surface area (TPSA) is 48.3 Å². The molecule has 0 aliphatic carbocycles. The Morgan fingerprint density at radius 3 is 1.76 bits per heavy atom. The molecule has 0 atom stereocenters. The van der Waals surface area contributed by atoms with Gasteiger partial charge < -0.3 is 9.80 Å². The lowest BCUT2D eigenvalue weighted by molar-refractivity contribution is 0.0958. The smallest absolute Gasteiger partial charge is 0.176 e. The van der Waals surface area contributed by atoms with Crippen molar-refractivity contribution in [2.75, 3.05) is 38.6 Å². The van der Waals surface area contributed by atoms with Gasteiger partial charge in [-0.05, 0) is 76.5 Å². The van der Waals surface area contributed by atoms with Gasteiger partial charge in [0.2, 0.25) is 0 Å². The van der Waals surface area contributed by atoms with Gasteiger partial charge in [0.05, 0.1) is 17.9 Å². The van der Waals surface area contributed by atoms with Crippen LogP contribution in [0.5, 0.6) is 0 Å². The molecule has 5 nitrogen and oxygen atoms in total. The van der Waals surface area contributed by atoms with Crippen LogP contribution in [-0.2, 0) is 0 Å². The number of nitrogens with zero attached hydrogens (tertiary/aromatic N) is 4. The summed E-state index contributed by atoms with van der Waals surface area (Å²) < 4.78 is 0. The molecule has 5 heteroatoms. The van der Waals surface area contributed by atoms with Crippen molar-refractivity contribution in [3.63, 3.8) is 0 Å². The number of carbonyl (C=O) groups is 1. The first-order valence-corrected chi connectivity index (χ1v) is 8.58. The van der Waals surface area contributed by atoms with Gasteiger partial charge >= 0.3 is 0 Å². The van der Waals surface area contributed by atoms with E-state index in [1.807, 2.05) is 43.3 Å². The van der Waals surface area contributed by atoms with Gasteiger partial charge in [0.15, 0.2) is 5.78 Å². The highest BCUT2D eigenvalue weighted by Crippen LogP contribution is 2.22. The minimum absolute atomic E-state index is 0.0977. The van der Waals surface area contributed by atoms with E-state index in [9.17, 15) is 4.79 Å². The first-order chi connectivity index (χ1) is 12.0. The predicted molar refractivity (Wildman–Crippen MR) is 104 cm³/mol. The molecule has 0 fully saturated rings. The molecule has 0 N–H and O–H groups in total. The van der Waals surface area contributed by atoms with E-state index >= 15 is 0 Å². The van der Waals surface area contributed by atoms with E-state index in [2.05, 4.69) is 41.1 Å². The van der Waals surface area contributed by atoms with Crippen molar-refractivity contribution in [1.29, 1.82) is 0 Å². The van der Waals surface area contributed by atoms with E-state index in [0.717, 1.165) is 24.5 Å². The van der Waals surface area contributed by atoms with Crippen molar-refractivity contribution in [2.24, 2.45) is 10.2 Å². The first kappa shape index (κ1) is 18.8. The van der Waals surface area contributed by atoms with Crippen LogP contribution in [0.3, 0.4) is 0 Å². The van der Waals surface area contributed by atoms with E-state index in [-0.39, 0.29) is 5.78 Å². The maximum absolute atomic E-state index is 12.0. The minimum Gasteiger partial charge on any atom is -0.372 e. The number of azo groups is 1. The van der Waals surface area contributed by atoms with Gasteiger partial charge in [0.25, 0.3) is 0 Å². The average molecular weight is 338 g/mol. The number of benzene rings is 2. The molecule has 0 saturated carbocycles. The minimum atomic E-state index is 0.0977. The highest BCUT2D eigenvalue weighted by atomic mass is 16.1. The molecule has 0 aliphatic heterocycles. The fourth-order valence-electron chi connectivity index (χ4n) is 2.53. The number of likely N-dealkylation sites (N-methyl/N-ethyl adjacent to an activating group) is 1. The van der Waals surface area contributed by atoms with Crippen LogP contribution in [0.15, 0.2) is 58.8 Å². The van der Waals surface area contributed by atoms with Crippen LogP contribution < -0.4 is 4.90 Å². The Hall–Kier alpha value is -2.53. The molecule has 0 radical (unpaired) electrons. The third-order valence-electron chi connectivity index (χ3n) is 3.91. The lowest BCUT2D eigenvalue weighted by Crippen LogP contribution is -2.21. The van der Waals surface area contributed by atoms with Crippen molar-refractivity contribution < 1.29 is 4.79 Å². The Bertz CT molecular complexity index is 701. The van der Waals surface area contributed by atoms with Gasteiger partial charge in [0.1, 0.15) is 0 Å². The van der Waals surface area contributed by atoms with Crippen molar-refractivity contribution in [3.05, 3.63) is 54.1 Å². The van der Waals surface area contributed by atoms with Gasteiger partial charge in [-0.1, -0.05) is 0 Å². The van der Waals surface area contributed by atoms with Crippen LogP contribution in [0.1, 0.15) is 24.2 Å². The quantitative estimate of drug-likeness (QED) is 0.518. The Morgan fingerprint density at radius 2 is 1.32 bits per heavy atom. The molecule has 0 amide bonds. The van der Waals surface area contributed by atoms with Gasteiger partial charge in [0, 0.05) is 24.3 Å². The Kier molecular flexibility index (Phi) is 6.83. The zero-order valence-corrected chi connectivity index (χ0v) is 15.4. The molecule has 0 aliphatic rings. The van der Waals surface area contributed by atoms with Crippen LogP contribution in [-0.4, -0.2) is 44.4 Å². The standard InChI is InChI=1S/C20H26N4O/c1-5-24(6-2)19-13-11-18(12-14-19)22-21-17-9-7-16(8-10-17)20(25)15-23(3)4/h7-14H,5-6,15H2,1-4H3. The van der Waals surface area contributed by atoms with Gasteiger partial charge in [-0.15, -0.1) is 0 Å². The van der Waals surface area contributed by atoms with Crippen LogP contribution in [0.4, 0.5) is 17.1 Å². The molecule has 0 saturated heterocycles. The zero-order valence-electron chi connectivity index (χ0n) is 15.4. The third kappa shape index (κ3) is 5.50. The molecule has 2 rings (SSSR count). The SMILES string of the molecule is CCN(CC)c1ccc(N=Nc2ccc(C(=O)CN(C)C)cc2)cc1. The van der Waals surface area contributed by atoms with Crippen molar-refractivity contribution in [3.8, 4) is 0 Å². The number of hydrogen-bond acceptors (Lipinski definition) is 5. The summed E-state index contributed by atoms with van der Waals surface area (Å²) in [6.07, 6.45) is 0. The molecule has 0 heterocycles. The van der Waals surface area contributed by atoms with Crippen LogP contribution in [0.25, 0.3) is 0 Å². The average Bonchev–Trinajstić information content (AvgIpc) is 2.62. The third-order valence-corrected chi connectivity index (χ3v) is 3.91. The molecule has 25 heavy (non-hydrogen) atoms. The normalized spacial score (nSPS) is 11.2. The number of carbonyl (C=O) groups excluding carboxylic acids is 1. The summed E-state index contributed by atoms with van der Waals surface area (Å²) in [5.74, 6) is 0.0977. The molecular weight excluding hydrogens is 312 g/mol. The number of Topliss-reactive ketones (excluding diaryl/α,β-unsaturated/α-hetero) is 1. The summed E-state index contributed by atoms with van der Waals surface area (Å²) in [7, 11) is 3.76. The number of ketones is 1. The summed E-state index contributed by atoms with van der Waals surface area (Å²) in [6, 6.07) is 15.3. The van der Waals surface area contributed by atoms with Gasteiger partial charge in [-0.3, -0.25) is 4.79 Å². The van der Waals surface area contributed by atoms with E-state index in [1.54, 1.807) is 12.1 Å². The number of hydrogen-bond donors (Lipinski definition) is 0. The molecule has 0 unspecified atom stereocenters. The summed E-state index contributed by atoms with van der Waals surface area (Å²) in [4.78, 5) is 16.1. The second-order valence-corrected chi connectivity index (χ2v) is 6.10. The monoisotopic (exact) mass is 338 g/mol. The first-order valence-electron chi connectivity index (χ1n) is 8.58. The van der Waals surface area contributed by atoms with Gasteiger partial charge in [-0.2, -0.15) is 10.2 Å². The summed E-state index contributed by atoms with van der Waals surface area (Å²) in [5.41, 5.74) is 3.42. The van der Waals surface area contributed by atoms with E-state index in [1.165, 1.54) is 5.69 Å². The highest BCUT2D eigenvalue weighted by Gasteiger charge is 2.06. The molecule has 2 aromatic carbocycles. The maximum Gasteiger partial charge on any atom is 0.176 e. The van der Waals surface area contributed by atoms with Crippen molar-refractivity contribution >= 4 is 22.8 Å². The van der Waals surface area contributed by atoms with Crippen molar-refractivity contribution in [1.82, 2.24) is 4.90 Å². The van der Waals surface area contributed by atoms with Crippen LogP contribution in [0.2, 0.25) is 0 Å². The molecule has 0 spiro atoms. The lowest BCUT2D eigenvalue weighted by Gasteiger charge is -2.20. The Balaban J connectivity index is 2.03. The molecule has 0 aromatic heterocycles. The number of anilines is 1. The fourth-order valence-corrected chi connectivity index (χ4v) is 2.53. The Morgan fingerprint density at radius 1 is 0.840 bits per heavy atom. The predicted octanol–water partition coefficient (Wildman–Crippen LogP) is 4.69. The van der Waals surface area contributed by atoms with E-state index in [0.29, 0.717) is 12.1 Å².